The zero-order valence-corrected chi connectivity index (χ0v) is 19.9. The summed E-state index contributed by atoms with van der Waals surface area (Å²) in [6.45, 7) is 4.77. The van der Waals surface area contributed by atoms with Gasteiger partial charge in [-0.2, -0.15) is 0 Å². The Labute approximate surface area is 199 Å². The van der Waals surface area contributed by atoms with Crippen molar-refractivity contribution in [1.82, 2.24) is 0 Å². The predicted octanol–water partition coefficient (Wildman–Crippen LogP) is -2.20. The summed E-state index contributed by atoms with van der Waals surface area (Å²) >= 11 is 0. The molecule has 2 aliphatic heterocycles. The number of Topliss-reactive ketones (excluding diaryl/α,β-unsaturated/α-hetero) is 1. The highest BCUT2D eigenvalue weighted by Crippen LogP contribution is 2.26. The minimum atomic E-state index is -1.63. The third-order valence-electron chi connectivity index (χ3n) is 6.11. The molecule has 2 saturated heterocycles. The van der Waals surface area contributed by atoms with Gasteiger partial charge in [0.15, 0.2) is 12.6 Å². The molecular weight excluding hydrogens is 456 g/mol. The molecule has 12 heteroatoms. The minimum absolute atomic E-state index is 0.179. The van der Waals surface area contributed by atoms with E-state index in [1.807, 2.05) is 20.8 Å². The van der Waals surface area contributed by atoms with Crippen LogP contribution in [0.3, 0.4) is 0 Å². The Morgan fingerprint density at radius 3 is 1.82 bits per heavy atom. The molecule has 0 saturated carbocycles. The minimum Gasteiger partial charge on any atom is -0.394 e. The number of aliphatic hydroxyl groups is 7. The van der Waals surface area contributed by atoms with Crippen LogP contribution >= 0.6 is 0 Å². The molecule has 0 amide bonds. The predicted molar refractivity (Wildman–Crippen MR) is 115 cm³/mol. The highest BCUT2D eigenvalue weighted by atomic mass is 16.7. The monoisotopic (exact) mass is 496 g/mol. The van der Waals surface area contributed by atoms with Gasteiger partial charge in [-0.05, 0) is 12.8 Å². The fourth-order valence-corrected chi connectivity index (χ4v) is 3.73. The lowest BCUT2D eigenvalue weighted by Gasteiger charge is -2.42. The van der Waals surface area contributed by atoms with Gasteiger partial charge in [-0.3, -0.25) is 4.79 Å². The maximum Gasteiger partial charge on any atom is 0.186 e. The van der Waals surface area contributed by atoms with Gasteiger partial charge in [0.1, 0.15) is 54.6 Å². The van der Waals surface area contributed by atoms with E-state index in [0.29, 0.717) is 19.3 Å². The van der Waals surface area contributed by atoms with E-state index >= 15 is 0 Å². The van der Waals surface area contributed by atoms with Crippen LogP contribution in [0.1, 0.15) is 46.5 Å². The zero-order chi connectivity index (χ0) is 25.6. The number of ether oxygens (including phenoxy) is 4. The number of hydrogen-bond donors (Lipinski definition) is 7. The van der Waals surface area contributed by atoms with E-state index in [-0.39, 0.29) is 17.8 Å². The molecule has 200 valence electrons. The molecule has 0 spiro atoms. The van der Waals surface area contributed by atoms with E-state index in [1.165, 1.54) is 0 Å². The van der Waals surface area contributed by atoms with Crippen molar-refractivity contribution in [1.29, 1.82) is 0 Å². The van der Waals surface area contributed by atoms with Crippen molar-refractivity contribution in [3.8, 4) is 0 Å². The second-order valence-corrected chi connectivity index (χ2v) is 9.90. The van der Waals surface area contributed by atoms with Crippen molar-refractivity contribution in [3.05, 3.63) is 0 Å². The van der Waals surface area contributed by atoms with E-state index < -0.39 is 74.6 Å². The van der Waals surface area contributed by atoms with Gasteiger partial charge in [0.25, 0.3) is 0 Å². The lowest BCUT2D eigenvalue weighted by atomic mass is 9.88. The molecule has 2 heterocycles. The molecule has 10 atom stereocenters. The highest BCUT2D eigenvalue weighted by molar-refractivity contribution is 5.83. The van der Waals surface area contributed by atoms with E-state index in [4.69, 9.17) is 18.9 Å². The topological polar surface area (TPSA) is 196 Å². The van der Waals surface area contributed by atoms with Crippen LogP contribution in [0.25, 0.3) is 0 Å². The molecular formula is C22H40O12. The number of aliphatic hydroxyl groups excluding tert-OH is 7. The molecule has 34 heavy (non-hydrogen) atoms. The number of rotatable bonds is 11. The second kappa shape index (κ2) is 13.0. The Balaban J connectivity index is 1.81. The van der Waals surface area contributed by atoms with Crippen LogP contribution < -0.4 is 0 Å². The van der Waals surface area contributed by atoms with Crippen molar-refractivity contribution in [2.24, 2.45) is 5.41 Å². The Kier molecular flexibility index (Phi) is 11.2. The van der Waals surface area contributed by atoms with Crippen LogP contribution in [0.2, 0.25) is 0 Å². The first-order chi connectivity index (χ1) is 15.9. The molecule has 7 N–H and O–H groups in total. The van der Waals surface area contributed by atoms with Gasteiger partial charge >= 0.3 is 0 Å². The van der Waals surface area contributed by atoms with Crippen LogP contribution in [-0.2, 0) is 23.7 Å². The average molecular weight is 497 g/mol. The third-order valence-corrected chi connectivity index (χ3v) is 6.11. The standard InChI is InChI=1S/C22H40O12/c1-22(2,3)13(24)7-5-4-6-8-31-20-18(29)17(28)15(26)12(34-20)10-32-21-19(30)16(27)14(25)11(9-23)33-21/h11-12,14-21,23,25-30H,4-10H2,1-3H3/t11?,12?,14-,15-,16+,17+,18?,19?,20+,21+/m1/s1. The molecule has 4 unspecified atom stereocenters. The fourth-order valence-electron chi connectivity index (χ4n) is 3.73. The number of carbonyl (C=O) groups excluding carboxylic acids is 1. The first kappa shape index (κ1) is 29.5. The van der Waals surface area contributed by atoms with Crippen LogP contribution in [-0.4, -0.2) is 123 Å². The molecule has 0 aromatic heterocycles. The zero-order valence-electron chi connectivity index (χ0n) is 19.9. The van der Waals surface area contributed by atoms with Gasteiger partial charge in [-0.1, -0.05) is 27.2 Å². The van der Waals surface area contributed by atoms with Crippen molar-refractivity contribution in [3.63, 3.8) is 0 Å². The third kappa shape index (κ3) is 7.61. The first-order valence-corrected chi connectivity index (χ1v) is 11.6. The molecule has 12 nitrogen and oxygen atoms in total. The van der Waals surface area contributed by atoms with Crippen molar-refractivity contribution in [2.45, 2.75) is 108 Å². The molecule has 0 bridgehead atoms. The summed E-state index contributed by atoms with van der Waals surface area (Å²) in [4.78, 5) is 11.9. The first-order valence-electron chi connectivity index (χ1n) is 11.6. The van der Waals surface area contributed by atoms with Crippen molar-refractivity contribution >= 4 is 5.78 Å². The fraction of sp³-hybridized carbons (Fsp3) is 0.955. The lowest BCUT2D eigenvalue weighted by molar-refractivity contribution is -0.331. The number of ketones is 1. The summed E-state index contributed by atoms with van der Waals surface area (Å²) in [5.41, 5.74) is -0.375. The molecule has 0 aliphatic carbocycles. The molecule has 2 rings (SSSR count). The molecule has 2 aliphatic rings. The van der Waals surface area contributed by atoms with Crippen LogP contribution in [0, 0.1) is 5.41 Å². The summed E-state index contributed by atoms with van der Waals surface area (Å²) in [6, 6.07) is 0. The largest absolute Gasteiger partial charge is 0.394 e. The molecule has 0 radical (unpaired) electrons. The summed E-state index contributed by atoms with van der Waals surface area (Å²) in [6.07, 6.45) is -12.0. The Bertz CT molecular complexity index is 623. The lowest BCUT2D eigenvalue weighted by Crippen LogP contribution is -2.61. The quantitative estimate of drug-likeness (QED) is 0.153. The summed E-state index contributed by atoms with van der Waals surface area (Å²) < 4.78 is 21.7. The van der Waals surface area contributed by atoms with Gasteiger partial charge in [0.05, 0.1) is 13.2 Å². The Hall–Kier alpha value is -0.770. The summed E-state index contributed by atoms with van der Waals surface area (Å²) in [5.74, 6) is 0.179. The molecule has 2 fully saturated rings. The Morgan fingerprint density at radius 2 is 1.26 bits per heavy atom. The van der Waals surface area contributed by atoms with Crippen LogP contribution in [0.4, 0.5) is 0 Å². The number of hydrogen-bond acceptors (Lipinski definition) is 12. The van der Waals surface area contributed by atoms with Gasteiger partial charge in [0.2, 0.25) is 0 Å². The van der Waals surface area contributed by atoms with E-state index in [1.54, 1.807) is 0 Å². The highest BCUT2D eigenvalue weighted by Gasteiger charge is 2.47. The molecule has 0 aromatic carbocycles. The van der Waals surface area contributed by atoms with Gasteiger partial charge in [-0.25, -0.2) is 0 Å². The second-order valence-electron chi connectivity index (χ2n) is 9.90. The average Bonchev–Trinajstić information content (AvgIpc) is 2.79. The normalized spacial score (nSPS) is 39.2. The van der Waals surface area contributed by atoms with Crippen molar-refractivity contribution < 1.29 is 59.5 Å². The van der Waals surface area contributed by atoms with E-state index in [2.05, 4.69) is 0 Å². The van der Waals surface area contributed by atoms with E-state index in [9.17, 15) is 40.5 Å². The van der Waals surface area contributed by atoms with Gasteiger partial charge in [0, 0.05) is 18.4 Å². The number of carbonyl (C=O) groups is 1. The van der Waals surface area contributed by atoms with Crippen LogP contribution in [0.15, 0.2) is 0 Å². The summed E-state index contributed by atoms with van der Waals surface area (Å²) in [7, 11) is 0. The smallest absolute Gasteiger partial charge is 0.186 e. The summed E-state index contributed by atoms with van der Waals surface area (Å²) in [5, 5.41) is 69.5. The SMILES string of the molecule is CC(C)(C)C(=O)CCCCCO[C@H]1OC(CO[C@H]2OC(CO)[C@@H](O)[C@H](O)C2O)[C@@H](O)[C@H](O)C1O. The molecule has 0 aromatic rings. The van der Waals surface area contributed by atoms with E-state index in [0.717, 1.165) is 6.42 Å². The number of unbranched alkanes of at least 4 members (excludes halogenated alkanes) is 2. The maximum absolute atomic E-state index is 11.9. The Morgan fingerprint density at radius 1 is 0.735 bits per heavy atom. The van der Waals surface area contributed by atoms with Gasteiger partial charge < -0.3 is 54.7 Å². The van der Waals surface area contributed by atoms with Crippen molar-refractivity contribution in [2.75, 3.05) is 19.8 Å². The van der Waals surface area contributed by atoms with Crippen LogP contribution in [0.5, 0.6) is 0 Å². The maximum atomic E-state index is 11.9. The van der Waals surface area contributed by atoms with Gasteiger partial charge in [-0.15, -0.1) is 0 Å².